The monoisotopic (exact) mass is 262 g/mol. The number of ether oxygens (including phenoxy) is 1. The summed E-state index contributed by atoms with van der Waals surface area (Å²) < 4.78 is 6.91. The van der Waals surface area contributed by atoms with Crippen LogP contribution in [0.1, 0.15) is 5.56 Å². The van der Waals surface area contributed by atoms with Crippen LogP contribution in [0.2, 0.25) is 0 Å². The molecule has 0 saturated carbocycles. The third kappa shape index (κ3) is 2.01. The molecule has 2 aromatic rings. The number of nitrogens with zero attached hydrogens (tertiary/aromatic N) is 4. The highest BCUT2D eigenvalue weighted by molar-refractivity contribution is 5.78. The molecular weight excluding hydrogens is 248 g/mol. The average molecular weight is 262 g/mol. The van der Waals surface area contributed by atoms with Crippen LogP contribution in [0.3, 0.4) is 0 Å². The Labute approximate surface area is 109 Å². The number of aliphatic carboxylic acids is 1. The Morgan fingerprint density at radius 3 is 3.16 bits per heavy atom. The molecule has 2 aromatic heterocycles. The summed E-state index contributed by atoms with van der Waals surface area (Å²) in [5, 5.41) is 13.5. The molecule has 1 N–H and O–H groups in total. The van der Waals surface area contributed by atoms with Crippen molar-refractivity contribution in [3.05, 3.63) is 24.0 Å². The van der Waals surface area contributed by atoms with Gasteiger partial charge in [0.05, 0.1) is 13.2 Å². The Morgan fingerprint density at radius 2 is 2.37 bits per heavy atom. The molecule has 1 fully saturated rings. The van der Waals surface area contributed by atoms with Gasteiger partial charge in [-0.25, -0.2) is 9.78 Å². The molecule has 100 valence electrons. The number of aryl methyl sites for hydroxylation is 1. The van der Waals surface area contributed by atoms with E-state index in [1.165, 1.54) is 6.33 Å². The molecule has 1 atom stereocenters. The first-order valence-electron chi connectivity index (χ1n) is 6.04. The lowest BCUT2D eigenvalue weighted by Crippen LogP contribution is -2.50. The number of hydrogen-bond donors (Lipinski definition) is 1. The molecule has 0 amide bonds. The van der Waals surface area contributed by atoms with Gasteiger partial charge in [0.2, 0.25) is 0 Å². The summed E-state index contributed by atoms with van der Waals surface area (Å²) in [6.45, 7) is 3.16. The number of anilines is 1. The number of pyridine rings is 1. The highest BCUT2D eigenvalue weighted by Gasteiger charge is 2.31. The summed E-state index contributed by atoms with van der Waals surface area (Å²) in [7, 11) is 0. The van der Waals surface area contributed by atoms with E-state index in [-0.39, 0.29) is 6.61 Å². The summed E-state index contributed by atoms with van der Waals surface area (Å²) in [5.74, 6) is -0.155. The van der Waals surface area contributed by atoms with Crippen LogP contribution in [0.15, 0.2) is 18.5 Å². The summed E-state index contributed by atoms with van der Waals surface area (Å²) in [4.78, 5) is 17.3. The van der Waals surface area contributed by atoms with Crippen LogP contribution < -0.4 is 4.90 Å². The molecule has 3 rings (SSSR count). The summed E-state index contributed by atoms with van der Waals surface area (Å²) in [6, 6.07) is 3.14. The molecule has 1 aliphatic rings. The van der Waals surface area contributed by atoms with Gasteiger partial charge in [0.15, 0.2) is 11.7 Å². The fraction of sp³-hybridized carbons (Fsp3) is 0.417. The van der Waals surface area contributed by atoms with E-state index in [2.05, 4.69) is 10.1 Å². The lowest BCUT2D eigenvalue weighted by molar-refractivity contribution is -0.141. The average Bonchev–Trinajstić information content (AvgIpc) is 2.85. The zero-order chi connectivity index (χ0) is 13.4. The number of hydrogen-bond acceptors (Lipinski definition) is 5. The number of carbonyl (C=O) groups is 1. The highest BCUT2D eigenvalue weighted by atomic mass is 16.5. The van der Waals surface area contributed by atoms with E-state index in [4.69, 9.17) is 4.74 Å². The van der Waals surface area contributed by atoms with Crippen molar-refractivity contribution in [2.75, 3.05) is 24.7 Å². The third-order valence-electron chi connectivity index (χ3n) is 3.21. The fourth-order valence-corrected chi connectivity index (χ4v) is 2.32. The van der Waals surface area contributed by atoms with E-state index in [0.717, 1.165) is 11.4 Å². The molecule has 1 unspecified atom stereocenters. The van der Waals surface area contributed by atoms with Crippen LogP contribution in [-0.2, 0) is 9.53 Å². The predicted molar refractivity (Wildman–Crippen MR) is 67.3 cm³/mol. The van der Waals surface area contributed by atoms with E-state index < -0.39 is 12.0 Å². The van der Waals surface area contributed by atoms with Crippen molar-refractivity contribution in [2.24, 2.45) is 0 Å². The molecule has 7 heteroatoms. The number of carboxylic acids is 1. The summed E-state index contributed by atoms with van der Waals surface area (Å²) in [6.07, 6.45) is 1.47. The second-order valence-corrected chi connectivity index (χ2v) is 4.54. The Morgan fingerprint density at radius 1 is 1.53 bits per heavy atom. The minimum absolute atomic E-state index is 0.180. The number of rotatable bonds is 2. The van der Waals surface area contributed by atoms with Crippen molar-refractivity contribution in [2.45, 2.75) is 13.0 Å². The van der Waals surface area contributed by atoms with Gasteiger partial charge in [0, 0.05) is 6.54 Å². The lowest BCUT2D eigenvalue weighted by atomic mass is 10.2. The molecule has 1 aliphatic heterocycles. The van der Waals surface area contributed by atoms with Crippen LogP contribution in [-0.4, -0.2) is 51.5 Å². The molecule has 0 bridgehead atoms. The number of fused-ring (bicyclic) bond motifs is 1. The predicted octanol–water partition coefficient (Wildman–Crippen LogP) is 0.328. The Kier molecular flexibility index (Phi) is 2.83. The quantitative estimate of drug-likeness (QED) is 0.840. The van der Waals surface area contributed by atoms with Gasteiger partial charge in [0.1, 0.15) is 12.1 Å². The minimum atomic E-state index is -0.894. The summed E-state index contributed by atoms with van der Waals surface area (Å²) in [5.41, 5.74) is 1.73. The van der Waals surface area contributed by atoms with Gasteiger partial charge in [-0.1, -0.05) is 0 Å². The maximum atomic E-state index is 11.3. The second kappa shape index (κ2) is 4.51. The van der Waals surface area contributed by atoms with Crippen LogP contribution >= 0.6 is 0 Å². The van der Waals surface area contributed by atoms with Crippen molar-refractivity contribution >= 4 is 17.4 Å². The normalized spacial score (nSPS) is 19.8. The van der Waals surface area contributed by atoms with Crippen LogP contribution in [0, 0.1) is 6.92 Å². The molecule has 0 radical (unpaired) electrons. The van der Waals surface area contributed by atoms with Crippen LogP contribution in [0.25, 0.3) is 5.65 Å². The fourth-order valence-electron chi connectivity index (χ4n) is 2.32. The van der Waals surface area contributed by atoms with E-state index in [1.807, 2.05) is 19.1 Å². The van der Waals surface area contributed by atoms with Gasteiger partial charge in [-0.2, -0.15) is 9.61 Å². The second-order valence-electron chi connectivity index (χ2n) is 4.54. The number of carboxylic acid groups (broad SMARTS) is 1. The SMILES string of the molecule is Cc1cc(N2CCOCC2C(=O)O)n2ncnc2c1. The van der Waals surface area contributed by atoms with Gasteiger partial charge < -0.3 is 14.7 Å². The molecule has 19 heavy (non-hydrogen) atoms. The zero-order valence-electron chi connectivity index (χ0n) is 10.5. The van der Waals surface area contributed by atoms with E-state index in [0.29, 0.717) is 18.8 Å². The van der Waals surface area contributed by atoms with Crippen LogP contribution in [0.4, 0.5) is 5.82 Å². The van der Waals surface area contributed by atoms with E-state index >= 15 is 0 Å². The Hall–Kier alpha value is -2.15. The van der Waals surface area contributed by atoms with Gasteiger partial charge in [-0.3, -0.25) is 0 Å². The highest BCUT2D eigenvalue weighted by Crippen LogP contribution is 2.22. The first kappa shape index (κ1) is 11.9. The molecule has 1 saturated heterocycles. The summed E-state index contributed by atoms with van der Waals surface area (Å²) >= 11 is 0. The maximum Gasteiger partial charge on any atom is 0.328 e. The van der Waals surface area contributed by atoms with E-state index in [1.54, 1.807) is 9.42 Å². The Bertz CT molecular complexity index is 624. The van der Waals surface area contributed by atoms with Gasteiger partial charge in [0.25, 0.3) is 0 Å². The van der Waals surface area contributed by atoms with Crippen molar-refractivity contribution in [1.29, 1.82) is 0 Å². The van der Waals surface area contributed by atoms with Gasteiger partial charge >= 0.3 is 5.97 Å². The molecule has 3 heterocycles. The Balaban J connectivity index is 2.11. The van der Waals surface area contributed by atoms with E-state index in [9.17, 15) is 9.90 Å². The van der Waals surface area contributed by atoms with Gasteiger partial charge in [-0.15, -0.1) is 0 Å². The number of morpholine rings is 1. The molecule has 7 nitrogen and oxygen atoms in total. The lowest BCUT2D eigenvalue weighted by Gasteiger charge is -2.34. The standard InChI is InChI=1S/C12H14N4O3/c1-8-4-10-13-7-14-16(10)11(5-8)15-2-3-19-6-9(15)12(17)18/h4-5,7,9H,2-3,6H2,1H3,(H,17,18). The zero-order valence-corrected chi connectivity index (χ0v) is 10.5. The number of aromatic nitrogens is 3. The molecule has 0 aromatic carbocycles. The molecule has 0 spiro atoms. The van der Waals surface area contributed by atoms with Crippen molar-refractivity contribution < 1.29 is 14.6 Å². The van der Waals surface area contributed by atoms with Crippen molar-refractivity contribution in [3.8, 4) is 0 Å². The topological polar surface area (TPSA) is 80.0 Å². The van der Waals surface area contributed by atoms with Crippen LogP contribution in [0.5, 0.6) is 0 Å². The first-order valence-corrected chi connectivity index (χ1v) is 6.04. The molecular formula is C12H14N4O3. The first-order chi connectivity index (χ1) is 9.16. The van der Waals surface area contributed by atoms with Crippen molar-refractivity contribution in [1.82, 2.24) is 14.6 Å². The van der Waals surface area contributed by atoms with Gasteiger partial charge in [-0.05, 0) is 24.6 Å². The van der Waals surface area contributed by atoms with Crippen molar-refractivity contribution in [3.63, 3.8) is 0 Å². The minimum Gasteiger partial charge on any atom is -0.480 e. The third-order valence-corrected chi connectivity index (χ3v) is 3.21. The maximum absolute atomic E-state index is 11.3. The smallest absolute Gasteiger partial charge is 0.328 e. The molecule has 0 aliphatic carbocycles. The largest absolute Gasteiger partial charge is 0.480 e.